The van der Waals surface area contributed by atoms with Crippen LogP contribution in [-0.2, 0) is 16.2 Å². The Kier molecular flexibility index (Phi) is 2.97. The molecule has 0 aromatic heterocycles. The minimum atomic E-state index is -2.58. The first-order valence-electron chi connectivity index (χ1n) is 6.51. The lowest BCUT2D eigenvalue weighted by atomic mass is 9.83. The number of hydrogen-bond acceptors (Lipinski definition) is 1. The fourth-order valence-electron chi connectivity index (χ4n) is 2.96. The van der Waals surface area contributed by atoms with Crippen molar-refractivity contribution < 1.29 is 26.7 Å². The first-order valence-corrected chi connectivity index (χ1v) is 7.59. The van der Waals surface area contributed by atoms with Crippen molar-refractivity contribution in [2.45, 2.75) is 11.5 Å². The summed E-state index contributed by atoms with van der Waals surface area (Å²) in [5.74, 6) is -7.98. The number of epoxide rings is 1. The molecule has 1 fully saturated rings. The van der Waals surface area contributed by atoms with E-state index in [1.165, 1.54) is 12.2 Å². The van der Waals surface area contributed by atoms with Crippen LogP contribution in [0.25, 0.3) is 6.08 Å². The Morgan fingerprint density at radius 1 is 0.913 bits per heavy atom. The molecule has 2 aromatic carbocycles. The average Bonchev–Trinajstić information content (AvgIpc) is 3.10. The normalized spacial score (nSPS) is 27.6. The first-order chi connectivity index (χ1) is 10.8. The zero-order valence-electron chi connectivity index (χ0n) is 11.1. The molecule has 23 heavy (non-hydrogen) atoms. The maximum atomic E-state index is 15.2. The van der Waals surface area contributed by atoms with Crippen molar-refractivity contribution in [1.29, 1.82) is 0 Å². The van der Waals surface area contributed by atoms with Gasteiger partial charge in [-0.1, -0.05) is 6.08 Å². The molecule has 1 aliphatic heterocycles. The summed E-state index contributed by atoms with van der Waals surface area (Å²) in [5.41, 5.74) is -2.15. The quantitative estimate of drug-likeness (QED) is 0.268. The molecule has 1 aliphatic carbocycles. The first kappa shape index (κ1) is 15.1. The number of hydrogen-bond donors (Lipinski definition) is 0. The van der Waals surface area contributed by atoms with Crippen LogP contribution in [-0.4, -0.2) is 0 Å². The molecule has 2 unspecified atom stereocenters. The van der Waals surface area contributed by atoms with Gasteiger partial charge in [0.15, 0.2) is 23.1 Å². The number of fused-ring (bicyclic) bond motifs is 3. The molecule has 2 aromatic rings. The van der Waals surface area contributed by atoms with Crippen molar-refractivity contribution in [1.82, 2.24) is 0 Å². The van der Waals surface area contributed by atoms with Gasteiger partial charge in [0, 0.05) is 9.13 Å². The van der Waals surface area contributed by atoms with Gasteiger partial charge in [-0.15, -0.1) is 0 Å². The molecule has 0 spiro atoms. The minimum absolute atomic E-state index is 0.253. The highest BCUT2D eigenvalue weighted by Gasteiger charge is 2.75. The fraction of sp³-hybridized carbons (Fsp3) is 0.125. The summed E-state index contributed by atoms with van der Waals surface area (Å²) in [6.07, 6.45) is 2.68. The van der Waals surface area contributed by atoms with Crippen LogP contribution in [0.4, 0.5) is 22.0 Å². The SMILES string of the molecule is Fc1cc(C23C=Cc4cc(I)cc(F)c4C2(F)O3)cc(F)c1F. The Bertz CT molecular complexity index is 873. The van der Waals surface area contributed by atoms with Crippen LogP contribution in [0.2, 0.25) is 0 Å². The van der Waals surface area contributed by atoms with Gasteiger partial charge in [0.25, 0.3) is 5.85 Å². The Balaban J connectivity index is 1.92. The molecule has 7 heteroatoms. The smallest absolute Gasteiger partial charge is 0.277 e. The van der Waals surface area contributed by atoms with E-state index in [2.05, 4.69) is 0 Å². The summed E-state index contributed by atoms with van der Waals surface area (Å²) in [5, 5.41) is 0. The molecule has 1 nitrogen and oxygen atoms in total. The number of alkyl halides is 1. The monoisotopic (exact) mass is 436 g/mol. The van der Waals surface area contributed by atoms with Gasteiger partial charge in [0.1, 0.15) is 5.82 Å². The van der Waals surface area contributed by atoms with Crippen LogP contribution < -0.4 is 0 Å². The van der Waals surface area contributed by atoms with E-state index in [1.54, 1.807) is 6.07 Å². The van der Waals surface area contributed by atoms with Crippen LogP contribution in [0.3, 0.4) is 0 Å². The van der Waals surface area contributed by atoms with Gasteiger partial charge in [-0.2, -0.15) is 0 Å². The molecule has 0 N–H and O–H groups in total. The van der Waals surface area contributed by atoms with Gasteiger partial charge in [0.2, 0.25) is 0 Å². The third-order valence-electron chi connectivity index (χ3n) is 4.05. The van der Waals surface area contributed by atoms with E-state index >= 15 is 4.39 Å². The summed E-state index contributed by atoms with van der Waals surface area (Å²) in [7, 11) is 0. The summed E-state index contributed by atoms with van der Waals surface area (Å²) in [4.78, 5) is 0. The molecule has 4 rings (SSSR count). The zero-order valence-corrected chi connectivity index (χ0v) is 13.3. The lowest BCUT2D eigenvalue weighted by Crippen LogP contribution is -2.22. The minimum Gasteiger partial charge on any atom is -0.317 e. The van der Waals surface area contributed by atoms with Gasteiger partial charge in [-0.05, 0) is 58.5 Å². The summed E-state index contributed by atoms with van der Waals surface area (Å²) in [6, 6.07) is 4.01. The van der Waals surface area contributed by atoms with Gasteiger partial charge < -0.3 is 4.74 Å². The number of ether oxygens (including phenoxy) is 1. The zero-order chi connectivity index (χ0) is 16.6. The van der Waals surface area contributed by atoms with Crippen LogP contribution >= 0.6 is 22.6 Å². The standard InChI is InChI=1S/C16H6F5IO/c17-10-6-9(22)3-7-1-2-15(16(21,23-15)13(7)10)8-4-11(18)14(20)12(19)5-8/h1-6H. The molecule has 2 atom stereocenters. The van der Waals surface area contributed by atoms with Crippen molar-refractivity contribution >= 4 is 28.7 Å². The topological polar surface area (TPSA) is 12.5 Å². The van der Waals surface area contributed by atoms with Crippen molar-refractivity contribution in [2.75, 3.05) is 0 Å². The molecule has 2 aliphatic rings. The van der Waals surface area contributed by atoms with E-state index in [4.69, 9.17) is 4.74 Å². The third kappa shape index (κ3) is 1.86. The molecule has 118 valence electrons. The fourth-order valence-corrected chi connectivity index (χ4v) is 3.57. The second-order valence-corrected chi connectivity index (χ2v) is 6.62. The highest BCUT2D eigenvalue weighted by Crippen LogP contribution is 2.67. The highest BCUT2D eigenvalue weighted by atomic mass is 127. The molecular formula is C16H6F5IO. The second-order valence-electron chi connectivity index (χ2n) is 5.37. The van der Waals surface area contributed by atoms with Gasteiger partial charge in [-0.3, -0.25) is 0 Å². The van der Waals surface area contributed by atoms with Crippen molar-refractivity contribution in [3.8, 4) is 0 Å². The molecule has 1 saturated heterocycles. The Labute approximate surface area is 140 Å². The third-order valence-corrected chi connectivity index (χ3v) is 4.68. The lowest BCUT2D eigenvalue weighted by molar-refractivity contribution is 0.136. The number of benzene rings is 2. The number of halogens is 6. The Morgan fingerprint density at radius 2 is 1.57 bits per heavy atom. The van der Waals surface area contributed by atoms with Crippen molar-refractivity contribution in [3.63, 3.8) is 0 Å². The average molecular weight is 436 g/mol. The molecule has 0 amide bonds. The predicted molar refractivity (Wildman–Crippen MR) is 80.0 cm³/mol. The van der Waals surface area contributed by atoms with E-state index in [-0.39, 0.29) is 16.7 Å². The molecule has 0 radical (unpaired) electrons. The number of rotatable bonds is 1. The molecular weight excluding hydrogens is 430 g/mol. The molecule has 1 heterocycles. The van der Waals surface area contributed by atoms with E-state index in [0.717, 1.165) is 6.07 Å². The van der Waals surface area contributed by atoms with Crippen LogP contribution in [0.1, 0.15) is 16.7 Å². The van der Waals surface area contributed by atoms with Crippen LogP contribution in [0, 0.1) is 26.8 Å². The largest absolute Gasteiger partial charge is 0.317 e. The van der Waals surface area contributed by atoms with E-state index < -0.39 is 34.7 Å². The van der Waals surface area contributed by atoms with Crippen molar-refractivity contribution in [3.05, 3.63) is 73.9 Å². The van der Waals surface area contributed by atoms with Gasteiger partial charge in [-0.25, -0.2) is 22.0 Å². The van der Waals surface area contributed by atoms with E-state index in [1.807, 2.05) is 22.6 Å². The van der Waals surface area contributed by atoms with E-state index in [0.29, 0.717) is 15.7 Å². The lowest BCUT2D eigenvalue weighted by Gasteiger charge is -2.19. The van der Waals surface area contributed by atoms with Crippen molar-refractivity contribution in [2.24, 2.45) is 0 Å². The Hall–Kier alpha value is -1.48. The van der Waals surface area contributed by atoms with Crippen LogP contribution in [0.15, 0.2) is 30.3 Å². The maximum absolute atomic E-state index is 15.2. The van der Waals surface area contributed by atoms with Gasteiger partial charge in [0.05, 0.1) is 5.56 Å². The Morgan fingerprint density at radius 3 is 2.22 bits per heavy atom. The van der Waals surface area contributed by atoms with E-state index in [9.17, 15) is 17.6 Å². The second kappa shape index (κ2) is 4.54. The predicted octanol–water partition coefficient (Wildman–Crippen LogP) is 4.92. The maximum Gasteiger partial charge on any atom is 0.277 e. The summed E-state index contributed by atoms with van der Waals surface area (Å²) < 4.78 is 75.0. The highest BCUT2D eigenvalue weighted by molar-refractivity contribution is 14.1. The summed E-state index contributed by atoms with van der Waals surface area (Å²) >= 11 is 1.89. The summed E-state index contributed by atoms with van der Waals surface area (Å²) in [6.45, 7) is 0. The molecule has 0 saturated carbocycles. The van der Waals surface area contributed by atoms with Gasteiger partial charge >= 0.3 is 0 Å². The van der Waals surface area contributed by atoms with Crippen LogP contribution in [0.5, 0.6) is 0 Å². The molecule has 0 bridgehead atoms.